The van der Waals surface area contributed by atoms with Crippen molar-refractivity contribution in [1.82, 2.24) is 19.7 Å². The van der Waals surface area contributed by atoms with E-state index in [0.717, 1.165) is 0 Å². The van der Waals surface area contributed by atoms with Crippen LogP contribution in [-0.2, 0) is 22.6 Å². The molecule has 1 aromatic carbocycles. The lowest BCUT2D eigenvalue weighted by molar-refractivity contribution is 0.00570. The number of halogens is 1. The number of nitrogens with zero attached hydrogens (tertiary/aromatic N) is 4. The lowest BCUT2D eigenvalue weighted by atomic mass is 10.0. The molecule has 0 fully saturated rings. The van der Waals surface area contributed by atoms with Gasteiger partial charge in [0.15, 0.2) is 11.6 Å². The third-order valence-electron chi connectivity index (χ3n) is 4.43. The number of amides is 1. The fraction of sp³-hybridized carbons (Fsp3) is 0.500. The van der Waals surface area contributed by atoms with Crippen LogP contribution in [0, 0.1) is 5.82 Å². The van der Waals surface area contributed by atoms with Crippen LogP contribution in [0.25, 0.3) is 0 Å². The summed E-state index contributed by atoms with van der Waals surface area (Å²) in [6.45, 7) is 7.46. The molecule has 162 valence electrons. The fourth-order valence-corrected chi connectivity index (χ4v) is 3.13. The van der Waals surface area contributed by atoms with Crippen molar-refractivity contribution in [1.29, 1.82) is 0 Å². The van der Waals surface area contributed by atoms with Crippen molar-refractivity contribution >= 4 is 12.1 Å². The van der Waals surface area contributed by atoms with Gasteiger partial charge in [-0.1, -0.05) is 6.07 Å². The maximum Gasteiger partial charge on any atom is 0.411 e. The largest absolute Gasteiger partial charge is 0.494 e. The second kappa shape index (κ2) is 8.29. The number of carbonyl (C=O) groups is 2. The Hall–Kier alpha value is -3.17. The highest BCUT2D eigenvalue weighted by Gasteiger charge is 2.36. The molecule has 1 unspecified atom stereocenters. The maximum absolute atomic E-state index is 13.9. The monoisotopic (exact) mass is 420 g/mol. The Kier molecular flexibility index (Phi) is 5.95. The molecule has 3 rings (SSSR count). The number of fused-ring (bicyclic) bond motifs is 1. The second-order valence-electron chi connectivity index (χ2n) is 7.77. The number of rotatable bonds is 4. The third-order valence-corrected chi connectivity index (χ3v) is 4.43. The van der Waals surface area contributed by atoms with Crippen molar-refractivity contribution in [2.45, 2.75) is 52.4 Å². The van der Waals surface area contributed by atoms with Crippen LogP contribution in [0.15, 0.2) is 18.2 Å². The van der Waals surface area contributed by atoms with Gasteiger partial charge in [0, 0.05) is 0 Å². The third kappa shape index (κ3) is 4.52. The molecule has 0 radical (unpaired) electrons. The Labute approximate surface area is 173 Å². The van der Waals surface area contributed by atoms with E-state index in [4.69, 9.17) is 14.2 Å². The van der Waals surface area contributed by atoms with Crippen LogP contribution in [0.3, 0.4) is 0 Å². The van der Waals surface area contributed by atoms with Crippen LogP contribution in [0.1, 0.15) is 55.7 Å². The first-order valence-corrected chi connectivity index (χ1v) is 9.56. The van der Waals surface area contributed by atoms with E-state index >= 15 is 0 Å². The zero-order valence-corrected chi connectivity index (χ0v) is 17.6. The number of methoxy groups -OCH3 is 1. The number of benzene rings is 1. The average molecular weight is 420 g/mol. The summed E-state index contributed by atoms with van der Waals surface area (Å²) in [6, 6.07) is 3.86. The van der Waals surface area contributed by atoms with Gasteiger partial charge in [-0.05, 0) is 45.4 Å². The van der Waals surface area contributed by atoms with Gasteiger partial charge in [0.2, 0.25) is 0 Å². The highest BCUT2D eigenvalue weighted by atomic mass is 19.1. The van der Waals surface area contributed by atoms with Gasteiger partial charge in [0.25, 0.3) is 5.82 Å². The van der Waals surface area contributed by atoms with E-state index in [0.29, 0.717) is 11.4 Å². The van der Waals surface area contributed by atoms with E-state index in [1.165, 1.54) is 24.1 Å². The predicted molar refractivity (Wildman–Crippen MR) is 103 cm³/mol. The van der Waals surface area contributed by atoms with Crippen LogP contribution in [0.5, 0.6) is 5.75 Å². The number of hydrogen-bond acceptors (Lipinski definition) is 7. The van der Waals surface area contributed by atoms with Crippen LogP contribution < -0.4 is 4.74 Å². The minimum absolute atomic E-state index is 0.0612. The van der Waals surface area contributed by atoms with Crippen molar-refractivity contribution in [3.8, 4) is 5.75 Å². The Morgan fingerprint density at radius 3 is 2.67 bits per heavy atom. The molecular formula is C20H25FN4O5. The molecule has 2 aromatic rings. The van der Waals surface area contributed by atoms with Gasteiger partial charge >= 0.3 is 12.1 Å². The molecule has 0 bridgehead atoms. The van der Waals surface area contributed by atoms with Crippen molar-refractivity contribution in [3.63, 3.8) is 0 Å². The van der Waals surface area contributed by atoms with Gasteiger partial charge in [-0.15, -0.1) is 5.10 Å². The van der Waals surface area contributed by atoms with Crippen LogP contribution in [0.4, 0.5) is 9.18 Å². The molecular weight excluding hydrogens is 395 g/mol. The first-order valence-electron chi connectivity index (χ1n) is 9.56. The first kappa shape index (κ1) is 21.5. The Balaban J connectivity index is 1.99. The Morgan fingerprint density at radius 1 is 1.30 bits per heavy atom. The average Bonchev–Trinajstić information content (AvgIpc) is 3.09. The summed E-state index contributed by atoms with van der Waals surface area (Å²) in [4.78, 5) is 30.6. The second-order valence-corrected chi connectivity index (χ2v) is 7.77. The molecule has 0 aliphatic carbocycles. The van der Waals surface area contributed by atoms with Crippen molar-refractivity contribution in [2.24, 2.45) is 0 Å². The molecule has 0 saturated heterocycles. The molecule has 2 heterocycles. The molecule has 0 N–H and O–H groups in total. The van der Waals surface area contributed by atoms with Gasteiger partial charge in [0.05, 0.1) is 32.8 Å². The van der Waals surface area contributed by atoms with Crippen molar-refractivity contribution < 1.29 is 28.2 Å². The molecule has 1 aromatic heterocycles. The van der Waals surface area contributed by atoms with Crippen LogP contribution in [0.2, 0.25) is 0 Å². The molecule has 10 heteroatoms. The highest BCUT2D eigenvalue weighted by molar-refractivity contribution is 5.85. The van der Waals surface area contributed by atoms with E-state index in [-0.39, 0.29) is 31.3 Å². The van der Waals surface area contributed by atoms with Gasteiger partial charge < -0.3 is 14.2 Å². The minimum Gasteiger partial charge on any atom is -0.494 e. The van der Waals surface area contributed by atoms with E-state index < -0.39 is 29.5 Å². The standard InChI is InChI=1S/C20H25FN4O5/c1-6-29-18(26)17-22-16-11-24(19(27)30-20(2,3)4)14(10-25(16)23-17)12-7-8-13(21)15(9-12)28-5/h7-9,14H,6,10-11H2,1-5H3. The molecule has 1 atom stereocenters. The Bertz CT molecular complexity index is 953. The highest BCUT2D eigenvalue weighted by Crippen LogP contribution is 2.33. The van der Waals surface area contributed by atoms with Gasteiger partial charge in [-0.3, -0.25) is 4.90 Å². The zero-order chi connectivity index (χ0) is 22.1. The van der Waals surface area contributed by atoms with Crippen LogP contribution in [-0.4, -0.2) is 51.0 Å². The fourth-order valence-electron chi connectivity index (χ4n) is 3.13. The number of aromatic nitrogens is 3. The quantitative estimate of drug-likeness (QED) is 0.701. The maximum atomic E-state index is 13.9. The molecule has 1 amide bonds. The summed E-state index contributed by atoms with van der Waals surface area (Å²) in [5.41, 5.74) is -0.0680. The van der Waals surface area contributed by atoms with Gasteiger partial charge in [-0.25, -0.2) is 23.6 Å². The van der Waals surface area contributed by atoms with E-state index in [1.807, 2.05) is 0 Å². The molecule has 9 nitrogen and oxygen atoms in total. The normalized spacial score (nSPS) is 16.1. The zero-order valence-electron chi connectivity index (χ0n) is 17.6. The van der Waals surface area contributed by atoms with Crippen LogP contribution >= 0.6 is 0 Å². The van der Waals surface area contributed by atoms with E-state index in [9.17, 15) is 14.0 Å². The van der Waals surface area contributed by atoms with E-state index in [2.05, 4.69) is 10.1 Å². The number of esters is 1. The minimum atomic E-state index is -0.705. The van der Waals surface area contributed by atoms with Gasteiger partial charge in [-0.2, -0.15) is 0 Å². The SMILES string of the molecule is CCOC(=O)c1nc2n(n1)CC(c1ccc(F)c(OC)c1)N(C(=O)OC(C)(C)C)C2. The molecule has 0 saturated carbocycles. The lowest BCUT2D eigenvalue weighted by Crippen LogP contribution is -2.44. The van der Waals surface area contributed by atoms with Crippen molar-refractivity contribution in [3.05, 3.63) is 41.2 Å². The number of carbonyl (C=O) groups excluding carboxylic acids is 2. The summed E-state index contributed by atoms with van der Waals surface area (Å²) >= 11 is 0. The summed E-state index contributed by atoms with van der Waals surface area (Å²) in [7, 11) is 1.37. The topological polar surface area (TPSA) is 95.8 Å². The number of ether oxygens (including phenoxy) is 3. The Morgan fingerprint density at radius 2 is 2.03 bits per heavy atom. The molecule has 1 aliphatic heterocycles. The predicted octanol–water partition coefficient (Wildman–Crippen LogP) is 3.09. The molecule has 30 heavy (non-hydrogen) atoms. The molecule has 1 aliphatic rings. The smallest absolute Gasteiger partial charge is 0.411 e. The first-order chi connectivity index (χ1) is 14.1. The molecule has 0 spiro atoms. The lowest BCUT2D eigenvalue weighted by Gasteiger charge is -2.36. The summed E-state index contributed by atoms with van der Waals surface area (Å²) < 4.78 is 31.0. The van der Waals surface area contributed by atoms with Gasteiger partial charge in [0.1, 0.15) is 11.4 Å². The summed E-state index contributed by atoms with van der Waals surface area (Å²) in [5, 5.41) is 4.22. The van der Waals surface area contributed by atoms with Crippen molar-refractivity contribution in [2.75, 3.05) is 13.7 Å². The summed E-state index contributed by atoms with van der Waals surface area (Å²) in [6.07, 6.45) is -0.553. The van der Waals surface area contributed by atoms with E-state index in [1.54, 1.807) is 38.4 Å². The summed E-state index contributed by atoms with van der Waals surface area (Å²) in [5.74, 6) is -0.731. The number of hydrogen-bond donors (Lipinski definition) is 0.